The van der Waals surface area contributed by atoms with Crippen molar-refractivity contribution in [2.45, 2.75) is 44.6 Å². The summed E-state index contributed by atoms with van der Waals surface area (Å²) in [6.45, 7) is 0. The van der Waals surface area contributed by atoms with Gasteiger partial charge in [0.15, 0.2) is 0 Å². The first kappa shape index (κ1) is 17.2. The Morgan fingerprint density at radius 1 is 1.12 bits per heavy atom. The molecule has 1 aromatic carbocycles. The quantitative estimate of drug-likeness (QED) is 0.808. The number of amides is 1. The van der Waals surface area contributed by atoms with E-state index in [0.717, 1.165) is 12.8 Å². The first-order valence-corrected chi connectivity index (χ1v) is 8.78. The predicted octanol–water partition coefficient (Wildman–Crippen LogP) is 3.87. The Kier molecular flexibility index (Phi) is 5.82. The van der Waals surface area contributed by atoms with E-state index < -0.39 is 0 Å². The average Bonchev–Trinajstić information content (AvgIpc) is 2.91. The van der Waals surface area contributed by atoms with Crippen LogP contribution in [0.5, 0.6) is 5.75 Å². The summed E-state index contributed by atoms with van der Waals surface area (Å²) in [5.74, 6) is 1.13. The molecule has 0 radical (unpaired) electrons. The number of aromatic nitrogens is 2. The van der Waals surface area contributed by atoms with Crippen LogP contribution in [0.25, 0.3) is 0 Å². The molecule has 0 atom stereocenters. The zero-order valence-corrected chi connectivity index (χ0v) is 14.5. The Hall–Kier alpha value is -2.63. The lowest BCUT2D eigenvalue weighted by Gasteiger charge is -2.17. The highest BCUT2D eigenvalue weighted by molar-refractivity contribution is 6.03. The minimum absolute atomic E-state index is 0.264. The van der Waals surface area contributed by atoms with E-state index in [9.17, 15) is 4.79 Å². The lowest BCUT2D eigenvalue weighted by molar-refractivity contribution is 0.102. The molecule has 1 amide bonds. The minimum atomic E-state index is -0.264. The summed E-state index contributed by atoms with van der Waals surface area (Å²) in [4.78, 5) is 20.8. The third-order valence-corrected chi connectivity index (χ3v) is 4.43. The molecule has 2 N–H and O–H groups in total. The Morgan fingerprint density at radius 2 is 1.92 bits per heavy atom. The smallest absolute Gasteiger partial charge is 0.274 e. The van der Waals surface area contributed by atoms with Gasteiger partial charge in [-0.15, -0.1) is 0 Å². The number of carbonyl (C=O) groups is 1. The van der Waals surface area contributed by atoms with Gasteiger partial charge in [-0.25, -0.2) is 9.97 Å². The Labute approximate surface area is 148 Å². The number of rotatable bonds is 5. The highest BCUT2D eigenvalue weighted by Gasteiger charge is 2.14. The van der Waals surface area contributed by atoms with Crippen LogP contribution in [0.4, 0.5) is 11.5 Å². The molecule has 6 nitrogen and oxygen atoms in total. The molecule has 1 heterocycles. The van der Waals surface area contributed by atoms with E-state index >= 15 is 0 Å². The number of hydrogen-bond donors (Lipinski definition) is 2. The molecule has 1 aliphatic carbocycles. The van der Waals surface area contributed by atoms with Crippen molar-refractivity contribution in [3.63, 3.8) is 0 Å². The number of carbonyl (C=O) groups excluding carboxylic acids is 1. The summed E-state index contributed by atoms with van der Waals surface area (Å²) in [5.41, 5.74) is 1.01. The second kappa shape index (κ2) is 8.46. The number of benzene rings is 1. The fourth-order valence-electron chi connectivity index (χ4n) is 3.09. The molecular weight excluding hydrogens is 316 g/mol. The minimum Gasteiger partial charge on any atom is -0.497 e. The highest BCUT2D eigenvalue weighted by Crippen LogP contribution is 2.21. The summed E-state index contributed by atoms with van der Waals surface area (Å²) >= 11 is 0. The second-order valence-electron chi connectivity index (χ2n) is 6.31. The molecule has 2 aromatic rings. The molecule has 0 saturated heterocycles. The van der Waals surface area contributed by atoms with Crippen molar-refractivity contribution >= 4 is 17.4 Å². The van der Waals surface area contributed by atoms with Gasteiger partial charge in [-0.1, -0.05) is 31.7 Å². The van der Waals surface area contributed by atoms with Gasteiger partial charge in [0.05, 0.1) is 7.11 Å². The first-order chi connectivity index (χ1) is 12.2. The van der Waals surface area contributed by atoms with E-state index in [1.54, 1.807) is 19.2 Å². The third kappa shape index (κ3) is 4.92. The standard InChI is InChI=1S/C19H24N4O2/c1-25-16-10-6-9-15(11-16)23-19(24)17-12-18(21-13-20-17)22-14-7-4-2-3-5-8-14/h6,9-14H,2-5,7-8H2,1H3,(H,23,24)(H,20,21,22). The maximum atomic E-state index is 12.4. The van der Waals surface area contributed by atoms with Crippen LogP contribution in [-0.2, 0) is 0 Å². The average molecular weight is 340 g/mol. The zero-order chi connectivity index (χ0) is 17.5. The molecule has 1 fully saturated rings. The molecular formula is C19H24N4O2. The molecule has 0 aliphatic heterocycles. The molecule has 0 unspecified atom stereocenters. The van der Waals surface area contributed by atoms with Gasteiger partial charge < -0.3 is 15.4 Å². The Morgan fingerprint density at radius 3 is 2.68 bits per heavy atom. The third-order valence-electron chi connectivity index (χ3n) is 4.43. The summed E-state index contributed by atoms with van der Waals surface area (Å²) in [6.07, 6.45) is 8.81. The van der Waals surface area contributed by atoms with Gasteiger partial charge in [0, 0.05) is 23.9 Å². The molecule has 0 spiro atoms. The summed E-state index contributed by atoms with van der Waals surface area (Å²) in [7, 11) is 1.59. The van der Waals surface area contributed by atoms with Gasteiger partial charge in [-0.05, 0) is 25.0 Å². The van der Waals surface area contributed by atoms with Gasteiger partial charge in [0.2, 0.25) is 0 Å². The van der Waals surface area contributed by atoms with E-state index in [2.05, 4.69) is 20.6 Å². The van der Waals surface area contributed by atoms with Crippen LogP contribution < -0.4 is 15.4 Å². The SMILES string of the molecule is COc1cccc(NC(=O)c2cc(NC3CCCCCC3)ncn2)c1. The van der Waals surface area contributed by atoms with Gasteiger partial charge >= 0.3 is 0 Å². The van der Waals surface area contributed by atoms with Gasteiger partial charge in [0.25, 0.3) is 5.91 Å². The van der Waals surface area contributed by atoms with Crippen molar-refractivity contribution < 1.29 is 9.53 Å². The van der Waals surface area contributed by atoms with E-state index in [4.69, 9.17) is 4.74 Å². The molecule has 3 rings (SSSR count). The molecule has 6 heteroatoms. The van der Waals surface area contributed by atoms with Crippen LogP contribution in [0.15, 0.2) is 36.7 Å². The maximum absolute atomic E-state index is 12.4. The van der Waals surface area contributed by atoms with Crippen LogP contribution in [-0.4, -0.2) is 29.0 Å². The number of nitrogens with one attached hydrogen (secondary N) is 2. The van der Waals surface area contributed by atoms with Crippen molar-refractivity contribution in [1.29, 1.82) is 0 Å². The van der Waals surface area contributed by atoms with E-state index in [1.807, 2.05) is 18.2 Å². The zero-order valence-electron chi connectivity index (χ0n) is 14.5. The van der Waals surface area contributed by atoms with E-state index in [0.29, 0.717) is 29.0 Å². The van der Waals surface area contributed by atoms with Crippen LogP contribution in [0, 0.1) is 0 Å². The largest absolute Gasteiger partial charge is 0.497 e. The maximum Gasteiger partial charge on any atom is 0.274 e. The molecule has 0 bridgehead atoms. The monoisotopic (exact) mass is 340 g/mol. The molecule has 1 aromatic heterocycles. The number of hydrogen-bond acceptors (Lipinski definition) is 5. The molecule has 25 heavy (non-hydrogen) atoms. The van der Waals surface area contributed by atoms with Gasteiger partial charge in [-0.2, -0.15) is 0 Å². The lowest BCUT2D eigenvalue weighted by Crippen LogP contribution is -2.20. The summed E-state index contributed by atoms with van der Waals surface area (Å²) in [6, 6.07) is 9.37. The lowest BCUT2D eigenvalue weighted by atomic mass is 10.1. The number of nitrogens with zero attached hydrogens (tertiary/aromatic N) is 2. The summed E-state index contributed by atoms with van der Waals surface area (Å²) in [5, 5.41) is 6.28. The number of ether oxygens (including phenoxy) is 1. The Balaban J connectivity index is 1.66. The fourth-order valence-corrected chi connectivity index (χ4v) is 3.09. The topological polar surface area (TPSA) is 76.1 Å². The van der Waals surface area contributed by atoms with Crippen LogP contribution in [0.1, 0.15) is 49.0 Å². The number of anilines is 2. The van der Waals surface area contributed by atoms with Crippen molar-refractivity contribution in [2.24, 2.45) is 0 Å². The van der Waals surface area contributed by atoms with Crippen LogP contribution in [0.2, 0.25) is 0 Å². The second-order valence-corrected chi connectivity index (χ2v) is 6.31. The normalized spacial score (nSPS) is 15.2. The first-order valence-electron chi connectivity index (χ1n) is 8.78. The predicted molar refractivity (Wildman–Crippen MR) is 98.1 cm³/mol. The Bertz CT molecular complexity index is 712. The fraction of sp³-hybridized carbons (Fsp3) is 0.421. The van der Waals surface area contributed by atoms with E-state index in [-0.39, 0.29) is 5.91 Å². The van der Waals surface area contributed by atoms with Gasteiger partial charge in [0.1, 0.15) is 23.6 Å². The van der Waals surface area contributed by atoms with E-state index in [1.165, 1.54) is 32.0 Å². The van der Waals surface area contributed by atoms with Crippen molar-refractivity contribution in [2.75, 3.05) is 17.7 Å². The van der Waals surface area contributed by atoms with Crippen molar-refractivity contribution in [3.8, 4) is 5.75 Å². The summed E-state index contributed by atoms with van der Waals surface area (Å²) < 4.78 is 5.17. The van der Waals surface area contributed by atoms with Crippen LogP contribution in [0.3, 0.4) is 0 Å². The van der Waals surface area contributed by atoms with Crippen molar-refractivity contribution in [1.82, 2.24) is 9.97 Å². The number of methoxy groups -OCH3 is 1. The van der Waals surface area contributed by atoms with Crippen molar-refractivity contribution in [3.05, 3.63) is 42.4 Å². The highest BCUT2D eigenvalue weighted by atomic mass is 16.5. The van der Waals surface area contributed by atoms with Gasteiger partial charge in [-0.3, -0.25) is 4.79 Å². The molecule has 132 valence electrons. The molecule has 1 saturated carbocycles. The van der Waals surface area contributed by atoms with Crippen LogP contribution >= 0.6 is 0 Å². The molecule has 1 aliphatic rings.